The van der Waals surface area contributed by atoms with E-state index in [2.05, 4.69) is 19.1 Å². The first-order valence-electron chi connectivity index (χ1n) is 8.32. The molecule has 0 radical (unpaired) electrons. The van der Waals surface area contributed by atoms with E-state index in [0.29, 0.717) is 22.5 Å². The summed E-state index contributed by atoms with van der Waals surface area (Å²) in [4.78, 5) is 10.9. The van der Waals surface area contributed by atoms with Crippen molar-refractivity contribution in [2.24, 2.45) is 5.73 Å². The van der Waals surface area contributed by atoms with Gasteiger partial charge in [0.05, 0.1) is 6.04 Å². The molecule has 0 saturated heterocycles. The number of furan rings is 1. The van der Waals surface area contributed by atoms with Gasteiger partial charge in [0.2, 0.25) is 0 Å². The van der Waals surface area contributed by atoms with Crippen LogP contribution < -0.4 is 10.5 Å². The van der Waals surface area contributed by atoms with Crippen molar-refractivity contribution in [3.05, 3.63) is 53.8 Å². The highest BCUT2D eigenvalue weighted by Gasteiger charge is 2.12. The zero-order chi connectivity index (χ0) is 18.2. The summed E-state index contributed by atoms with van der Waals surface area (Å²) in [5.74, 6) is 1.61. The molecule has 6 nitrogen and oxygen atoms in total. The zero-order valence-corrected chi connectivity index (χ0v) is 14.5. The number of carbonyl (C=O) groups is 1. The summed E-state index contributed by atoms with van der Waals surface area (Å²) in [6.07, 6.45) is 6.64. The second-order valence-electron chi connectivity index (χ2n) is 5.79. The van der Waals surface area contributed by atoms with Crippen molar-refractivity contribution in [1.29, 1.82) is 0 Å². The third-order valence-electron chi connectivity index (χ3n) is 3.71. The minimum atomic E-state index is -0.914. The maximum absolute atomic E-state index is 10.9. The monoisotopic (exact) mass is 344 g/mol. The van der Waals surface area contributed by atoms with E-state index in [1.807, 2.05) is 12.1 Å². The standard InChI is InChI=1S/C19H24N2O4/c1-3-4-5-15-7-10-17(11-8-15)25-18-13-12-16(24-18)9-6-14(2)21(23)19(20)22/h6-14,23H,3-5H2,1-2H3,(H2,20,22)/b9-6+. The Bertz CT molecular complexity index is 706. The van der Waals surface area contributed by atoms with E-state index in [0.717, 1.165) is 6.42 Å². The molecular weight excluding hydrogens is 320 g/mol. The fourth-order valence-electron chi connectivity index (χ4n) is 2.22. The van der Waals surface area contributed by atoms with Gasteiger partial charge in [0.25, 0.3) is 5.95 Å². The van der Waals surface area contributed by atoms with Crippen molar-refractivity contribution in [2.75, 3.05) is 0 Å². The zero-order valence-electron chi connectivity index (χ0n) is 14.5. The third kappa shape index (κ3) is 5.69. The highest BCUT2D eigenvalue weighted by molar-refractivity contribution is 5.71. The van der Waals surface area contributed by atoms with Crippen LogP contribution in [0.3, 0.4) is 0 Å². The summed E-state index contributed by atoms with van der Waals surface area (Å²) in [7, 11) is 0. The van der Waals surface area contributed by atoms with E-state index in [1.165, 1.54) is 18.4 Å². The number of carbonyl (C=O) groups excluding carboxylic acids is 1. The molecule has 0 aliphatic rings. The van der Waals surface area contributed by atoms with E-state index in [9.17, 15) is 10.0 Å². The Hall–Kier alpha value is -2.73. The largest absolute Gasteiger partial charge is 0.426 e. The molecule has 6 heteroatoms. The number of hydrogen-bond donors (Lipinski definition) is 2. The van der Waals surface area contributed by atoms with Crippen LogP contribution in [-0.4, -0.2) is 22.3 Å². The molecule has 1 aromatic heterocycles. The molecule has 1 heterocycles. The molecule has 25 heavy (non-hydrogen) atoms. The summed E-state index contributed by atoms with van der Waals surface area (Å²) >= 11 is 0. The Labute approximate surface area is 147 Å². The number of rotatable bonds is 8. The van der Waals surface area contributed by atoms with Crippen LogP contribution in [0, 0.1) is 0 Å². The number of nitrogens with zero attached hydrogens (tertiary/aromatic N) is 1. The predicted octanol–water partition coefficient (Wildman–Crippen LogP) is 4.59. The number of hydroxylamine groups is 2. The first-order chi connectivity index (χ1) is 12.0. The summed E-state index contributed by atoms with van der Waals surface area (Å²) < 4.78 is 11.2. The topological polar surface area (TPSA) is 88.9 Å². The maximum atomic E-state index is 10.9. The van der Waals surface area contributed by atoms with E-state index < -0.39 is 12.1 Å². The number of urea groups is 1. The molecule has 0 aliphatic heterocycles. The normalized spacial score (nSPS) is 12.3. The lowest BCUT2D eigenvalue weighted by molar-refractivity contribution is -0.0560. The molecule has 0 saturated carbocycles. The fraction of sp³-hybridized carbons (Fsp3) is 0.316. The highest BCUT2D eigenvalue weighted by atomic mass is 16.6. The molecule has 2 rings (SSSR count). The molecule has 0 spiro atoms. The van der Waals surface area contributed by atoms with Gasteiger partial charge in [-0.25, -0.2) is 4.79 Å². The van der Waals surface area contributed by atoms with E-state index >= 15 is 0 Å². The van der Waals surface area contributed by atoms with Crippen LogP contribution in [0.25, 0.3) is 6.08 Å². The molecule has 0 bridgehead atoms. The van der Waals surface area contributed by atoms with E-state index in [4.69, 9.17) is 14.9 Å². The van der Waals surface area contributed by atoms with Gasteiger partial charge in [-0.15, -0.1) is 0 Å². The highest BCUT2D eigenvalue weighted by Crippen LogP contribution is 2.25. The first-order valence-corrected chi connectivity index (χ1v) is 8.32. The van der Waals surface area contributed by atoms with Gasteiger partial charge in [0.1, 0.15) is 11.5 Å². The Morgan fingerprint density at radius 3 is 2.68 bits per heavy atom. The number of ether oxygens (including phenoxy) is 1. The number of nitrogens with two attached hydrogens (primary N) is 1. The van der Waals surface area contributed by atoms with Crippen LogP contribution in [0.5, 0.6) is 11.7 Å². The quantitative estimate of drug-likeness (QED) is 0.541. The van der Waals surface area contributed by atoms with E-state index in [-0.39, 0.29) is 0 Å². The summed E-state index contributed by atoms with van der Waals surface area (Å²) in [5, 5.41) is 9.84. The summed E-state index contributed by atoms with van der Waals surface area (Å²) in [6, 6.07) is 9.90. The lowest BCUT2D eigenvalue weighted by atomic mass is 10.1. The van der Waals surface area contributed by atoms with Crippen LogP contribution in [-0.2, 0) is 6.42 Å². The number of hydrogen-bond acceptors (Lipinski definition) is 4. The number of unbranched alkanes of at least 4 members (excludes halogenated alkanes) is 1. The molecule has 1 aromatic carbocycles. The summed E-state index contributed by atoms with van der Waals surface area (Å²) in [6.45, 7) is 3.80. The van der Waals surface area contributed by atoms with Crippen molar-refractivity contribution in [3.63, 3.8) is 0 Å². The molecule has 0 fully saturated rings. The molecule has 0 aliphatic carbocycles. The van der Waals surface area contributed by atoms with Gasteiger partial charge >= 0.3 is 6.03 Å². The SMILES string of the molecule is CCCCc1ccc(Oc2ccc(/C=C/C(C)N(O)C(N)=O)o2)cc1. The lowest BCUT2D eigenvalue weighted by Crippen LogP contribution is -2.38. The molecule has 2 aromatic rings. The maximum Gasteiger partial charge on any atom is 0.339 e. The van der Waals surface area contributed by atoms with Crippen LogP contribution >= 0.6 is 0 Å². The predicted molar refractivity (Wildman–Crippen MR) is 95.5 cm³/mol. The van der Waals surface area contributed by atoms with E-state index in [1.54, 1.807) is 31.2 Å². The van der Waals surface area contributed by atoms with Crippen molar-refractivity contribution in [2.45, 2.75) is 39.2 Å². The number of benzene rings is 1. The molecule has 1 unspecified atom stereocenters. The Kier molecular flexibility index (Phi) is 6.65. The Balaban J connectivity index is 1.93. The van der Waals surface area contributed by atoms with Gasteiger partial charge in [-0.2, -0.15) is 5.06 Å². The van der Waals surface area contributed by atoms with Crippen LogP contribution in [0.1, 0.15) is 38.0 Å². The van der Waals surface area contributed by atoms with Crippen molar-refractivity contribution >= 4 is 12.1 Å². The van der Waals surface area contributed by atoms with Gasteiger partial charge in [0, 0.05) is 6.07 Å². The lowest BCUT2D eigenvalue weighted by Gasteiger charge is -2.16. The smallest absolute Gasteiger partial charge is 0.339 e. The minimum absolute atomic E-state index is 0.365. The number of amides is 2. The van der Waals surface area contributed by atoms with Crippen LogP contribution in [0.2, 0.25) is 0 Å². The Morgan fingerprint density at radius 2 is 2.04 bits per heavy atom. The second-order valence-corrected chi connectivity index (χ2v) is 5.79. The molecule has 2 amide bonds. The third-order valence-corrected chi connectivity index (χ3v) is 3.71. The number of aryl methyl sites for hydroxylation is 1. The fourth-order valence-corrected chi connectivity index (χ4v) is 2.22. The molecule has 3 N–H and O–H groups in total. The van der Waals surface area contributed by atoms with Crippen molar-refractivity contribution in [1.82, 2.24) is 5.06 Å². The average Bonchev–Trinajstić information content (AvgIpc) is 3.05. The van der Waals surface area contributed by atoms with Gasteiger partial charge in [-0.1, -0.05) is 31.6 Å². The first kappa shape index (κ1) is 18.6. The van der Waals surface area contributed by atoms with Gasteiger partial charge in [-0.3, -0.25) is 5.21 Å². The number of primary amides is 1. The van der Waals surface area contributed by atoms with Gasteiger partial charge in [-0.05, 0) is 49.6 Å². The second kappa shape index (κ2) is 8.94. The molecule has 1 atom stereocenters. The molecular formula is C19H24N2O4. The van der Waals surface area contributed by atoms with Crippen molar-refractivity contribution < 1.29 is 19.2 Å². The van der Waals surface area contributed by atoms with Gasteiger partial charge in [0.15, 0.2) is 0 Å². The van der Waals surface area contributed by atoms with Crippen molar-refractivity contribution in [3.8, 4) is 11.7 Å². The average molecular weight is 344 g/mol. The van der Waals surface area contributed by atoms with Gasteiger partial charge < -0.3 is 14.9 Å². The molecule has 134 valence electrons. The summed E-state index contributed by atoms with van der Waals surface area (Å²) in [5.41, 5.74) is 6.28. The van der Waals surface area contributed by atoms with Crippen LogP contribution in [0.15, 0.2) is 46.9 Å². The minimum Gasteiger partial charge on any atom is -0.426 e. The Morgan fingerprint density at radius 1 is 1.32 bits per heavy atom. The van der Waals surface area contributed by atoms with Crippen LogP contribution in [0.4, 0.5) is 4.79 Å².